The van der Waals surface area contributed by atoms with Crippen LogP contribution in [-0.2, 0) is 15.3 Å². The number of nitrogens with two attached hydrogens (primary N) is 2. The van der Waals surface area contributed by atoms with Crippen molar-refractivity contribution in [3.05, 3.63) is 22.2 Å². The van der Waals surface area contributed by atoms with Gasteiger partial charge in [-0.2, -0.15) is 16.7 Å². The third-order valence-electron chi connectivity index (χ3n) is 3.63. The predicted molar refractivity (Wildman–Crippen MR) is 86.3 cm³/mol. The van der Waals surface area contributed by atoms with Crippen molar-refractivity contribution in [3.63, 3.8) is 0 Å². The lowest BCUT2D eigenvalue weighted by Gasteiger charge is -2.16. The Morgan fingerprint density at radius 2 is 2.29 bits per heavy atom. The van der Waals surface area contributed by atoms with Gasteiger partial charge in [0.05, 0.1) is 12.7 Å². The Kier molecular flexibility index (Phi) is 6.18. The molecule has 11 heteroatoms. The van der Waals surface area contributed by atoms with Crippen LogP contribution in [0.2, 0.25) is 0 Å². The lowest BCUT2D eigenvalue weighted by molar-refractivity contribution is -0.137. The third kappa shape index (κ3) is 4.24. The van der Waals surface area contributed by atoms with Crippen molar-refractivity contribution in [2.45, 2.75) is 36.7 Å². The quantitative estimate of drug-likeness (QED) is 0.370. The molecule has 0 spiro atoms. The van der Waals surface area contributed by atoms with Gasteiger partial charge < -0.3 is 31.5 Å². The zero-order valence-corrected chi connectivity index (χ0v) is 13.6. The highest BCUT2D eigenvalue weighted by molar-refractivity contribution is 7.98. The van der Waals surface area contributed by atoms with E-state index in [1.807, 2.05) is 0 Å². The standard InChI is InChI=1S/C13H20N4O6S/c14-7(12(20)21)5-24-4-6-2-17(13(22)16-11(6)15)10-1-8(19)9(3-18)23-10/h2,7-10,18-19H,1,3-5,14H2,(H,20,21)(H2,15,16,22)/t7?,8?,9-,10-/m1/s1. The summed E-state index contributed by atoms with van der Waals surface area (Å²) in [4.78, 5) is 26.4. The van der Waals surface area contributed by atoms with Crippen LogP contribution in [0.3, 0.4) is 0 Å². The first-order chi connectivity index (χ1) is 11.3. The molecule has 0 bridgehead atoms. The second kappa shape index (κ2) is 7.94. The van der Waals surface area contributed by atoms with Crippen LogP contribution >= 0.6 is 11.8 Å². The minimum absolute atomic E-state index is 0.0462. The van der Waals surface area contributed by atoms with Crippen LogP contribution in [-0.4, -0.2) is 61.4 Å². The monoisotopic (exact) mass is 360 g/mol. The number of hydrogen-bond acceptors (Lipinski definition) is 9. The molecule has 0 aromatic carbocycles. The van der Waals surface area contributed by atoms with Crippen molar-refractivity contribution in [3.8, 4) is 0 Å². The molecule has 1 saturated heterocycles. The fourth-order valence-electron chi connectivity index (χ4n) is 2.26. The number of rotatable bonds is 7. The van der Waals surface area contributed by atoms with Crippen molar-refractivity contribution in [2.75, 3.05) is 18.1 Å². The second-order valence-corrected chi connectivity index (χ2v) is 6.45. The minimum Gasteiger partial charge on any atom is -0.480 e. The van der Waals surface area contributed by atoms with E-state index >= 15 is 0 Å². The number of aliphatic hydroxyl groups is 2. The lowest BCUT2D eigenvalue weighted by Crippen LogP contribution is -2.32. The van der Waals surface area contributed by atoms with E-state index in [0.717, 1.165) is 0 Å². The molecule has 0 radical (unpaired) electrons. The van der Waals surface area contributed by atoms with E-state index in [1.54, 1.807) is 0 Å². The average Bonchev–Trinajstić information content (AvgIpc) is 2.89. The van der Waals surface area contributed by atoms with Crippen LogP contribution in [0.5, 0.6) is 0 Å². The molecule has 0 saturated carbocycles. The maximum Gasteiger partial charge on any atom is 0.351 e. The Morgan fingerprint density at radius 3 is 2.88 bits per heavy atom. The maximum absolute atomic E-state index is 12.0. The zero-order valence-electron chi connectivity index (χ0n) is 12.7. The molecule has 1 fully saturated rings. The van der Waals surface area contributed by atoms with Gasteiger partial charge in [0.1, 0.15) is 24.2 Å². The number of nitrogen functional groups attached to an aromatic ring is 1. The Balaban J connectivity index is 2.11. The van der Waals surface area contributed by atoms with Crippen LogP contribution in [0.1, 0.15) is 18.2 Å². The molecule has 1 aliphatic rings. The fraction of sp³-hybridized carbons (Fsp3) is 0.615. The highest BCUT2D eigenvalue weighted by Gasteiger charge is 2.35. The van der Waals surface area contributed by atoms with Gasteiger partial charge in [-0.05, 0) is 0 Å². The minimum atomic E-state index is -1.10. The Hall–Kier alpha value is -1.66. The normalized spacial score (nSPS) is 24.9. The summed E-state index contributed by atoms with van der Waals surface area (Å²) >= 11 is 1.25. The van der Waals surface area contributed by atoms with E-state index in [1.165, 1.54) is 22.5 Å². The molecule has 2 rings (SSSR count). The lowest BCUT2D eigenvalue weighted by atomic mass is 10.2. The average molecular weight is 360 g/mol. The molecule has 134 valence electrons. The van der Waals surface area contributed by atoms with Crippen molar-refractivity contribution in [1.82, 2.24) is 9.55 Å². The van der Waals surface area contributed by atoms with Gasteiger partial charge in [0.15, 0.2) is 0 Å². The van der Waals surface area contributed by atoms with Gasteiger partial charge in [-0.1, -0.05) is 0 Å². The van der Waals surface area contributed by atoms with Crippen molar-refractivity contribution in [2.24, 2.45) is 5.73 Å². The molecule has 1 aromatic heterocycles. The van der Waals surface area contributed by atoms with Crippen molar-refractivity contribution < 1.29 is 24.9 Å². The first-order valence-electron chi connectivity index (χ1n) is 7.21. The Morgan fingerprint density at radius 1 is 1.58 bits per heavy atom. The summed E-state index contributed by atoms with van der Waals surface area (Å²) in [5, 5.41) is 27.6. The van der Waals surface area contributed by atoms with Gasteiger partial charge in [-0.3, -0.25) is 9.36 Å². The maximum atomic E-state index is 12.0. The SMILES string of the molecule is Nc1nc(=O)n([C@H]2CC(O)[C@@H](CO)O2)cc1CSCC(N)C(=O)O. The van der Waals surface area contributed by atoms with Crippen LogP contribution in [0.15, 0.2) is 11.0 Å². The largest absolute Gasteiger partial charge is 0.480 e. The number of hydrogen-bond donors (Lipinski definition) is 5. The van der Waals surface area contributed by atoms with Gasteiger partial charge in [0, 0.05) is 29.7 Å². The first-order valence-corrected chi connectivity index (χ1v) is 8.37. The van der Waals surface area contributed by atoms with Gasteiger partial charge in [-0.15, -0.1) is 0 Å². The van der Waals surface area contributed by atoms with Gasteiger partial charge in [0.2, 0.25) is 0 Å². The fourth-order valence-corrected chi connectivity index (χ4v) is 3.21. The smallest absolute Gasteiger partial charge is 0.351 e. The van der Waals surface area contributed by atoms with Gasteiger partial charge in [0.25, 0.3) is 0 Å². The molecule has 7 N–H and O–H groups in total. The number of aliphatic hydroxyl groups excluding tert-OH is 2. The summed E-state index contributed by atoms with van der Waals surface area (Å²) in [7, 11) is 0. The number of carboxylic acid groups (broad SMARTS) is 1. The molecule has 2 heterocycles. The third-order valence-corrected chi connectivity index (χ3v) is 4.74. The predicted octanol–water partition coefficient (Wildman–Crippen LogP) is -1.89. The van der Waals surface area contributed by atoms with Crippen LogP contribution < -0.4 is 17.2 Å². The summed E-state index contributed by atoms with van der Waals surface area (Å²) in [6.45, 7) is -0.357. The van der Waals surface area contributed by atoms with Crippen LogP contribution in [0.4, 0.5) is 5.82 Å². The molecule has 0 aliphatic carbocycles. The number of aromatic nitrogens is 2. The number of thioether (sulfide) groups is 1. The molecule has 24 heavy (non-hydrogen) atoms. The number of ether oxygens (including phenoxy) is 1. The molecule has 2 unspecified atom stereocenters. The summed E-state index contributed by atoms with van der Waals surface area (Å²) in [6.07, 6.45) is -0.765. The van der Waals surface area contributed by atoms with E-state index < -0.39 is 36.1 Å². The molecular weight excluding hydrogens is 340 g/mol. The molecule has 4 atom stereocenters. The highest BCUT2D eigenvalue weighted by Crippen LogP contribution is 2.28. The second-order valence-electron chi connectivity index (χ2n) is 5.42. The van der Waals surface area contributed by atoms with E-state index in [-0.39, 0.29) is 24.6 Å². The number of aliphatic carboxylic acids is 1. The summed E-state index contributed by atoms with van der Waals surface area (Å²) in [5.41, 5.74) is 11.1. The summed E-state index contributed by atoms with van der Waals surface area (Å²) < 4.78 is 6.65. The molecule has 1 aromatic rings. The molecule has 10 nitrogen and oxygen atoms in total. The molecule has 0 amide bonds. The van der Waals surface area contributed by atoms with E-state index in [4.69, 9.17) is 26.4 Å². The Labute approximate surface area is 141 Å². The van der Waals surface area contributed by atoms with E-state index in [9.17, 15) is 14.7 Å². The van der Waals surface area contributed by atoms with Crippen molar-refractivity contribution in [1.29, 1.82) is 0 Å². The summed E-state index contributed by atoms with van der Waals surface area (Å²) in [5.74, 6) is -0.551. The molecular formula is C13H20N4O6S. The number of nitrogens with zero attached hydrogens (tertiary/aromatic N) is 2. The summed E-state index contributed by atoms with van der Waals surface area (Å²) in [6, 6.07) is -0.992. The van der Waals surface area contributed by atoms with Crippen LogP contribution in [0.25, 0.3) is 0 Å². The number of carbonyl (C=O) groups is 1. The zero-order chi connectivity index (χ0) is 17.9. The van der Waals surface area contributed by atoms with Gasteiger partial charge >= 0.3 is 11.7 Å². The topological polar surface area (TPSA) is 174 Å². The van der Waals surface area contributed by atoms with Crippen molar-refractivity contribution >= 4 is 23.5 Å². The Bertz CT molecular complexity index is 654. The number of anilines is 1. The highest BCUT2D eigenvalue weighted by atomic mass is 32.2. The van der Waals surface area contributed by atoms with Gasteiger partial charge in [-0.25, -0.2) is 4.79 Å². The molecule has 1 aliphatic heterocycles. The van der Waals surface area contributed by atoms with E-state index in [2.05, 4.69) is 4.98 Å². The van der Waals surface area contributed by atoms with Crippen LogP contribution in [0, 0.1) is 0 Å². The first kappa shape index (κ1) is 18.7. The van der Waals surface area contributed by atoms with E-state index in [0.29, 0.717) is 11.3 Å². The number of carboxylic acids is 1.